The Bertz CT molecular complexity index is 1110. The van der Waals surface area contributed by atoms with Gasteiger partial charge in [-0.05, 0) is 37.0 Å². The molecule has 0 saturated carbocycles. The number of alkyl halides is 3. The zero-order chi connectivity index (χ0) is 21.7. The van der Waals surface area contributed by atoms with Gasteiger partial charge in [0.15, 0.2) is 0 Å². The van der Waals surface area contributed by atoms with E-state index >= 15 is 0 Å². The van der Waals surface area contributed by atoms with Gasteiger partial charge in [-0.25, -0.2) is 15.0 Å². The summed E-state index contributed by atoms with van der Waals surface area (Å²) in [5.41, 5.74) is -0.108. The summed E-state index contributed by atoms with van der Waals surface area (Å²) >= 11 is 0. The molecule has 0 saturated heterocycles. The molecule has 0 spiro atoms. The largest absolute Gasteiger partial charge is 0.416 e. The Labute approximate surface area is 169 Å². The standard InChI is InChI=1S/C20H15F3N6O/c1-24-14-6-7-15(19(30)29-16-8-9-26-11-27-16)28-18(14)17(25-2)12-4-3-5-13(10-12)20(21,22)23/h3-11H,1H2,2H3,(H,26,27,29,30). The van der Waals surface area contributed by atoms with Crippen LogP contribution in [0.2, 0.25) is 0 Å². The van der Waals surface area contributed by atoms with Gasteiger partial charge in [-0.1, -0.05) is 12.1 Å². The second kappa shape index (κ2) is 8.60. The summed E-state index contributed by atoms with van der Waals surface area (Å²) in [5, 5.41) is 2.56. The van der Waals surface area contributed by atoms with Crippen molar-refractivity contribution in [3.05, 3.63) is 77.5 Å². The first kappa shape index (κ1) is 20.8. The highest BCUT2D eigenvalue weighted by Crippen LogP contribution is 2.31. The van der Waals surface area contributed by atoms with Crippen LogP contribution in [-0.4, -0.2) is 40.3 Å². The fraction of sp³-hybridized carbons (Fsp3) is 0.100. The highest BCUT2D eigenvalue weighted by atomic mass is 19.4. The summed E-state index contributed by atoms with van der Waals surface area (Å²) in [5.74, 6) is -0.295. The molecular weight excluding hydrogens is 397 g/mol. The molecule has 0 aliphatic heterocycles. The van der Waals surface area contributed by atoms with Crippen LogP contribution in [0.1, 0.15) is 27.3 Å². The average molecular weight is 412 g/mol. The van der Waals surface area contributed by atoms with Gasteiger partial charge in [0.25, 0.3) is 5.91 Å². The van der Waals surface area contributed by atoms with E-state index in [1.807, 2.05) is 0 Å². The fourth-order valence-corrected chi connectivity index (χ4v) is 2.64. The Hall–Kier alpha value is -3.95. The third-order valence-corrected chi connectivity index (χ3v) is 4.01. The van der Waals surface area contributed by atoms with Crippen molar-refractivity contribution in [2.24, 2.45) is 9.98 Å². The molecule has 30 heavy (non-hydrogen) atoms. The van der Waals surface area contributed by atoms with Gasteiger partial charge in [-0.15, -0.1) is 0 Å². The lowest BCUT2D eigenvalue weighted by molar-refractivity contribution is -0.137. The van der Waals surface area contributed by atoms with E-state index in [9.17, 15) is 18.0 Å². The third kappa shape index (κ3) is 4.54. The molecule has 1 aromatic carbocycles. The van der Waals surface area contributed by atoms with Gasteiger partial charge in [0, 0.05) is 18.8 Å². The predicted molar refractivity (Wildman–Crippen MR) is 106 cm³/mol. The number of pyridine rings is 1. The van der Waals surface area contributed by atoms with E-state index in [2.05, 4.69) is 37.0 Å². The number of aromatic nitrogens is 3. The summed E-state index contributed by atoms with van der Waals surface area (Å²) in [7, 11) is 1.41. The molecule has 7 nitrogen and oxygen atoms in total. The lowest BCUT2D eigenvalue weighted by Gasteiger charge is -2.13. The highest BCUT2D eigenvalue weighted by Gasteiger charge is 2.31. The predicted octanol–water partition coefficient (Wildman–Crippen LogP) is 3.94. The number of aliphatic imine (C=N–C) groups is 2. The Morgan fingerprint density at radius 3 is 2.60 bits per heavy atom. The quantitative estimate of drug-likeness (QED) is 0.643. The number of amides is 1. The first-order valence-electron chi connectivity index (χ1n) is 8.53. The molecule has 2 aromatic heterocycles. The molecule has 10 heteroatoms. The lowest BCUT2D eigenvalue weighted by atomic mass is 10.0. The minimum Gasteiger partial charge on any atom is -0.305 e. The molecule has 0 radical (unpaired) electrons. The van der Waals surface area contributed by atoms with E-state index in [4.69, 9.17) is 0 Å². The maximum absolute atomic E-state index is 13.1. The molecule has 1 N–H and O–H groups in total. The van der Waals surface area contributed by atoms with E-state index < -0.39 is 17.6 Å². The van der Waals surface area contributed by atoms with Crippen LogP contribution in [0.5, 0.6) is 0 Å². The minimum atomic E-state index is -4.51. The molecule has 0 unspecified atom stereocenters. The van der Waals surface area contributed by atoms with E-state index in [1.165, 1.54) is 49.9 Å². The van der Waals surface area contributed by atoms with Crippen molar-refractivity contribution in [2.45, 2.75) is 6.18 Å². The number of nitrogens with one attached hydrogen (secondary N) is 1. The highest BCUT2D eigenvalue weighted by molar-refractivity contribution is 6.15. The van der Waals surface area contributed by atoms with Gasteiger partial charge in [-0.2, -0.15) is 13.2 Å². The van der Waals surface area contributed by atoms with Gasteiger partial charge in [-0.3, -0.25) is 14.8 Å². The van der Waals surface area contributed by atoms with Crippen molar-refractivity contribution in [2.75, 3.05) is 12.4 Å². The number of carbonyl (C=O) groups excluding carboxylic acids is 1. The molecule has 3 rings (SSSR count). The van der Waals surface area contributed by atoms with Crippen molar-refractivity contribution in [3.63, 3.8) is 0 Å². The summed E-state index contributed by atoms with van der Waals surface area (Å²) in [6, 6.07) is 9.08. The number of hydrogen-bond donors (Lipinski definition) is 1. The Kier molecular flexibility index (Phi) is 5.95. The third-order valence-electron chi connectivity index (χ3n) is 4.01. The lowest BCUT2D eigenvalue weighted by Crippen LogP contribution is -2.17. The van der Waals surface area contributed by atoms with Gasteiger partial charge in [0.1, 0.15) is 23.5 Å². The van der Waals surface area contributed by atoms with Crippen LogP contribution >= 0.6 is 0 Å². The van der Waals surface area contributed by atoms with Crippen LogP contribution in [0.3, 0.4) is 0 Å². The summed E-state index contributed by atoms with van der Waals surface area (Å²) in [6.07, 6.45) is -1.78. The van der Waals surface area contributed by atoms with Gasteiger partial charge in [0.05, 0.1) is 17.0 Å². The second-order valence-electron chi connectivity index (χ2n) is 5.92. The molecule has 0 aliphatic carbocycles. The normalized spacial score (nSPS) is 11.8. The van der Waals surface area contributed by atoms with Crippen molar-refractivity contribution >= 4 is 29.8 Å². The van der Waals surface area contributed by atoms with E-state index in [0.29, 0.717) is 0 Å². The van der Waals surface area contributed by atoms with E-state index in [0.717, 1.165) is 12.1 Å². The molecule has 152 valence electrons. The second-order valence-corrected chi connectivity index (χ2v) is 5.92. The van der Waals surface area contributed by atoms with Crippen molar-refractivity contribution in [1.29, 1.82) is 0 Å². The SMILES string of the molecule is C=Nc1ccc(C(=O)Nc2ccncn2)nc1C(=NC)c1cccc(C(F)(F)F)c1. The Balaban J connectivity index is 2.02. The zero-order valence-electron chi connectivity index (χ0n) is 15.7. The number of hydrogen-bond acceptors (Lipinski definition) is 6. The Morgan fingerprint density at radius 2 is 1.97 bits per heavy atom. The molecule has 0 fully saturated rings. The minimum absolute atomic E-state index is 0.00383. The van der Waals surface area contributed by atoms with E-state index in [1.54, 1.807) is 0 Å². The van der Waals surface area contributed by atoms with Gasteiger partial charge >= 0.3 is 6.18 Å². The molecule has 3 aromatic rings. The molecule has 0 atom stereocenters. The summed E-state index contributed by atoms with van der Waals surface area (Å²) < 4.78 is 39.3. The van der Waals surface area contributed by atoms with Gasteiger partial charge in [0.2, 0.25) is 0 Å². The summed E-state index contributed by atoms with van der Waals surface area (Å²) in [6.45, 7) is 3.46. The van der Waals surface area contributed by atoms with Crippen molar-refractivity contribution < 1.29 is 18.0 Å². The molecule has 0 bridgehead atoms. The average Bonchev–Trinajstić information content (AvgIpc) is 2.74. The first-order chi connectivity index (χ1) is 14.3. The van der Waals surface area contributed by atoms with Crippen molar-refractivity contribution in [1.82, 2.24) is 15.0 Å². The number of benzene rings is 1. The number of anilines is 1. The topological polar surface area (TPSA) is 92.5 Å². The summed E-state index contributed by atoms with van der Waals surface area (Å²) in [4.78, 5) is 32.4. The first-order valence-corrected chi connectivity index (χ1v) is 8.53. The van der Waals surface area contributed by atoms with Crippen LogP contribution in [0.15, 0.2) is 65.0 Å². The van der Waals surface area contributed by atoms with E-state index in [-0.39, 0.29) is 34.2 Å². The number of halogens is 3. The zero-order valence-corrected chi connectivity index (χ0v) is 15.7. The van der Waals surface area contributed by atoms with Crippen LogP contribution in [0.4, 0.5) is 24.7 Å². The number of nitrogens with zero attached hydrogens (tertiary/aromatic N) is 5. The maximum atomic E-state index is 13.1. The molecule has 1 amide bonds. The van der Waals surface area contributed by atoms with Crippen LogP contribution < -0.4 is 5.32 Å². The maximum Gasteiger partial charge on any atom is 0.416 e. The Morgan fingerprint density at radius 1 is 1.17 bits per heavy atom. The van der Waals surface area contributed by atoms with Crippen molar-refractivity contribution in [3.8, 4) is 0 Å². The molecule has 0 aliphatic rings. The fourth-order valence-electron chi connectivity index (χ4n) is 2.64. The smallest absolute Gasteiger partial charge is 0.305 e. The molecular formula is C20H15F3N6O. The van der Waals surface area contributed by atoms with Crippen LogP contribution in [0.25, 0.3) is 0 Å². The number of rotatable bonds is 5. The van der Waals surface area contributed by atoms with Gasteiger partial charge < -0.3 is 5.32 Å². The monoisotopic (exact) mass is 412 g/mol. The molecule has 2 heterocycles. The van der Waals surface area contributed by atoms with Crippen LogP contribution in [0, 0.1) is 0 Å². The van der Waals surface area contributed by atoms with Crippen LogP contribution in [-0.2, 0) is 6.18 Å². The number of carbonyl (C=O) groups is 1.